The Morgan fingerprint density at radius 2 is 1.41 bits per heavy atom. The molecule has 5 heteroatoms. The average Bonchev–Trinajstić information content (AvgIpc) is 3.73. The first kappa shape index (κ1) is 35.8. The van der Waals surface area contributed by atoms with Crippen molar-refractivity contribution in [3.05, 3.63) is 77.9 Å². The quantitative estimate of drug-likeness (QED) is 0.0781. The van der Waals surface area contributed by atoms with E-state index in [9.17, 15) is 9.59 Å². The van der Waals surface area contributed by atoms with Gasteiger partial charge in [-0.15, -0.1) is 0 Å². The van der Waals surface area contributed by atoms with E-state index in [4.69, 9.17) is 14.2 Å². The lowest BCUT2D eigenvalue weighted by Gasteiger charge is -2.39. The molecule has 0 spiro atoms. The molecule has 6 atom stereocenters. The molecule has 5 unspecified atom stereocenters. The lowest BCUT2D eigenvalue weighted by Crippen LogP contribution is -2.34. The number of benzene rings is 2. The van der Waals surface area contributed by atoms with Crippen molar-refractivity contribution in [3.63, 3.8) is 0 Å². The maximum Gasteiger partial charge on any atom is 0.309 e. The monoisotopic (exact) mass is 630 g/mol. The summed E-state index contributed by atoms with van der Waals surface area (Å²) in [6, 6.07) is 19.2. The number of hydrogen-bond acceptors (Lipinski definition) is 5. The molecule has 2 aliphatic rings. The summed E-state index contributed by atoms with van der Waals surface area (Å²) in [4.78, 5) is 24.9. The number of ether oxygens (including phenoxy) is 3. The van der Waals surface area contributed by atoms with Crippen molar-refractivity contribution in [2.45, 2.75) is 110 Å². The van der Waals surface area contributed by atoms with Gasteiger partial charge in [-0.1, -0.05) is 120 Å². The van der Waals surface area contributed by atoms with Gasteiger partial charge in [0.05, 0.1) is 32.2 Å². The third-order valence-electron chi connectivity index (χ3n) is 10.5. The van der Waals surface area contributed by atoms with E-state index in [2.05, 4.69) is 80.6 Å². The number of carbonyl (C=O) groups excluding carboxylic acids is 2. The number of fused-ring (bicyclic) bond motifs is 2. The lowest BCUT2D eigenvalue weighted by molar-refractivity contribution is -0.149. The van der Waals surface area contributed by atoms with Gasteiger partial charge in [-0.05, 0) is 79.5 Å². The number of methoxy groups -OCH3 is 1. The van der Waals surface area contributed by atoms with Crippen LogP contribution in [0, 0.1) is 29.6 Å². The summed E-state index contributed by atoms with van der Waals surface area (Å²) in [6.45, 7) is 7.82. The first-order valence-corrected chi connectivity index (χ1v) is 18.1. The molecule has 0 radical (unpaired) electrons. The standard InChI is InChI=1S/C41H58O5/c1-5-31(2)29-41(30-32(3)39(42)44-4,35-17-13-12-14-18-35)36-21-23-37(24-22-36)45-25-15-10-8-6-7-9-11-16-26-46-40(43)38-28-33-19-20-34(38)27-33/h12-14,17-24,31-34,38H,5-11,15-16,25-30H2,1-4H3/t31?,32?,33?,34?,38-,41?/m1/s1. The molecule has 0 saturated heterocycles. The highest BCUT2D eigenvalue weighted by Gasteiger charge is 2.41. The Hall–Kier alpha value is -3.08. The minimum Gasteiger partial charge on any atom is -0.494 e. The molecule has 1 fully saturated rings. The van der Waals surface area contributed by atoms with Crippen LogP contribution >= 0.6 is 0 Å². The Balaban J connectivity index is 1.16. The highest BCUT2D eigenvalue weighted by Crippen LogP contribution is 2.45. The number of hydrogen-bond donors (Lipinski definition) is 0. The Morgan fingerprint density at radius 1 is 0.783 bits per heavy atom. The Labute approximate surface area is 278 Å². The largest absolute Gasteiger partial charge is 0.494 e. The number of carbonyl (C=O) groups is 2. The highest BCUT2D eigenvalue weighted by molar-refractivity contribution is 5.74. The fraction of sp³-hybridized carbons (Fsp3) is 0.610. The van der Waals surface area contributed by atoms with Gasteiger partial charge in [-0.2, -0.15) is 0 Å². The summed E-state index contributed by atoms with van der Waals surface area (Å²) in [5.74, 6) is 2.21. The van der Waals surface area contributed by atoms with Crippen LogP contribution in [-0.2, 0) is 24.5 Å². The summed E-state index contributed by atoms with van der Waals surface area (Å²) in [7, 11) is 1.48. The van der Waals surface area contributed by atoms with Crippen LogP contribution in [0.2, 0.25) is 0 Å². The van der Waals surface area contributed by atoms with E-state index in [0.717, 1.165) is 57.3 Å². The molecule has 0 N–H and O–H groups in total. The number of rotatable bonds is 21. The lowest BCUT2D eigenvalue weighted by atomic mass is 9.64. The SMILES string of the molecule is CCC(C)CC(CC(C)C(=O)OC)(c1ccccc1)c1ccc(OCCCCCCCCCCOC(=O)[C@@H]2CC3C=CC2C3)cc1. The molecule has 2 bridgehead atoms. The molecule has 5 nitrogen and oxygen atoms in total. The van der Waals surface area contributed by atoms with Crippen molar-refractivity contribution in [1.82, 2.24) is 0 Å². The summed E-state index contributed by atoms with van der Waals surface area (Å²) in [6.07, 6.45) is 18.6. The van der Waals surface area contributed by atoms with Gasteiger partial charge in [0.1, 0.15) is 5.75 Å². The van der Waals surface area contributed by atoms with Gasteiger partial charge in [-0.25, -0.2) is 0 Å². The first-order valence-electron chi connectivity index (χ1n) is 18.1. The molecule has 0 heterocycles. The second-order valence-corrected chi connectivity index (χ2v) is 14.0. The van der Waals surface area contributed by atoms with E-state index in [1.165, 1.54) is 50.3 Å². The Morgan fingerprint density at radius 3 is 2.00 bits per heavy atom. The third kappa shape index (κ3) is 9.96. The van der Waals surface area contributed by atoms with Gasteiger partial charge >= 0.3 is 11.9 Å². The normalized spacial score (nSPS) is 21.0. The predicted molar refractivity (Wildman–Crippen MR) is 186 cm³/mol. The Bertz CT molecular complexity index is 1220. The van der Waals surface area contributed by atoms with Crippen molar-refractivity contribution in [2.24, 2.45) is 29.6 Å². The maximum absolute atomic E-state index is 12.6. The van der Waals surface area contributed by atoms with Gasteiger partial charge in [0.25, 0.3) is 0 Å². The summed E-state index contributed by atoms with van der Waals surface area (Å²) < 4.78 is 16.9. The molecule has 0 amide bonds. The minimum absolute atomic E-state index is 0.0298. The summed E-state index contributed by atoms with van der Waals surface area (Å²) in [5, 5.41) is 0. The summed E-state index contributed by atoms with van der Waals surface area (Å²) in [5.41, 5.74) is 2.17. The smallest absolute Gasteiger partial charge is 0.309 e. The third-order valence-corrected chi connectivity index (χ3v) is 10.5. The fourth-order valence-electron chi connectivity index (χ4n) is 7.68. The van der Waals surface area contributed by atoms with E-state index in [-0.39, 0.29) is 29.2 Å². The van der Waals surface area contributed by atoms with Crippen LogP contribution in [0.5, 0.6) is 5.75 Å². The molecule has 2 aromatic rings. The van der Waals surface area contributed by atoms with Crippen LogP contribution < -0.4 is 4.74 Å². The minimum atomic E-state index is -0.291. The zero-order valence-corrected chi connectivity index (χ0v) is 28.9. The van der Waals surface area contributed by atoms with Gasteiger partial charge in [0.15, 0.2) is 0 Å². The zero-order chi connectivity index (χ0) is 32.8. The van der Waals surface area contributed by atoms with E-state index in [1.807, 2.05) is 6.92 Å². The predicted octanol–water partition coefficient (Wildman–Crippen LogP) is 9.86. The molecule has 4 rings (SSSR count). The number of allylic oxidation sites excluding steroid dienone is 2. The molecule has 46 heavy (non-hydrogen) atoms. The van der Waals surface area contributed by atoms with Crippen molar-refractivity contribution in [1.29, 1.82) is 0 Å². The van der Waals surface area contributed by atoms with Gasteiger partial charge < -0.3 is 14.2 Å². The molecule has 0 aromatic heterocycles. The van der Waals surface area contributed by atoms with E-state index >= 15 is 0 Å². The number of esters is 2. The molecular weight excluding hydrogens is 572 g/mol. The summed E-state index contributed by atoms with van der Waals surface area (Å²) >= 11 is 0. The molecule has 252 valence electrons. The van der Waals surface area contributed by atoms with Gasteiger partial charge in [-0.3, -0.25) is 9.59 Å². The van der Waals surface area contributed by atoms with Crippen LogP contribution in [0.25, 0.3) is 0 Å². The van der Waals surface area contributed by atoms with Crippen molar-refractivity contribution in [3.8, 4) is 5.75 Å². The second kappa shape index (κ2) is 18.3. The van der Waals surface area contributed by atoms with Crippen LogP contribution in [0.1, 0.15) is 115 Å². The Kier molecular flexibility index (Phi) is 14.2. The second-order valence-electron chi connectivity index (χ2n) is 14.0. The van der Waals surface area contributed by atoms with Crippen LogP contribution in [-0.4, -0.2) is 32.3 Å². The van der Waals surface area contributed by atoms with Crippen LogP contribution in [0.15, 0.2) is 66.7 Å². The zero-order valence-electron chi connectivity index (χ0n) is 28.9. The molecule has 1 saturated carbocycles. The van der Waals surface area contributed by atoms with Gasteiger partial charge in [0, 0.05) is 5.41 Å². The molecule has 0 aliphatic heterocycles. The van der Waals surface area contributed by atoms with Crippen molar-refractivity contribution in [2.75, 3.05) is 20.3 Å². The highest BCUT2D eigenvalue weighted by atomic mass is 16.5. The maximum atomic E-state index is 12.6. The van der Waals surface area contributed by atoms with Crippen LogP contribution in [0.4, 0.5) is 0 Å². The molecule has 2 aromatic carbocycles. The molecular formula is C41H58O5. The molecule has 2 aliphatic carbocycles. The van der Waals surface area contributed by atoms with Gasteiger partial charge in [0.2, 0.25) is 0 Å². The average molecular weight is 631 g/mol. The topological polar surface area (TPSA) is 61.8 Å². The van der Waals surface area contributed by atoms with E-state index in [1.54, 1.807) is 0 Å². The van der Waals surface area contributed by atoms with Crippen LogP contribution in [0.3, 0.4) is 0 Å². The van der Waals surface area contributed by atoms with Crippen molar-refractivity contribution < 1.29 is 23.8 Å². The van der Waals surface area contributed by atoms with E-state index < -0.39 is 0 Å². The van der Waals surface area contributed by atoms with E-state index in [0.29, 0.717) is 30.8 Å². The van der Waals surface area contributed by atoms with Crippen molar-refractivity contribution >= 4 is 11.9 Å². The fourth-order valence-corrected chi connectivity index (χ4v) is 7.68. The first-order chi connectivity index (χ1) is 22.4. The number of unbranched alkanes of at least 4 members (excludes halogenated alkanes) is 7.